The van der Waals surface area contributed by atoms with Crippen LogP contribution in [0.25, 0.3) is 10.9 Å². The largest absolute Gasteiger partial charge is 0.483 e. The number of ether oxygens (including phenoxy) is 2. The van der Waals surface area contributed by atoms with Crippen molar-refractivity contribution in [2.24, 2.45) is 0 Å². The van der Waals surface area contributed by atoms with Crippen LogP contribution in [0.15, 0.2) is 23.0 Å². The maximum absolute atomic E-state index is 13.4. The van der Waals surface area contributed by atoms with Crippen molar-refractivity contribution < 1.29 is 40.6 Å². The quantitative estimate of drug-likeness (QED) is 0.605. The molecule has 0 radical (unpaired) electrons. The maximum Gasteiger partial charge on any atom is 0.417 e. The molecule has 1 aliphatic rings. The van der Waals surface area contributed by atoms with Gasteiger partial charge in [0.2, 0.25) is 0 Å². The monoisotopic (exact) mass is 424 g/mol. The number of benzene rings is 1. The Labute approximate surface area is 159 Å². The van der Waals surface area contributed by atoms with Gasteiger partial charge in [0.05, 0.1) is 23.3 Å². The molecule has 2 aromatic rings. The molecule has 0 spiro atoms. The molecule has 1 aromatic carbocycles. The van der Waals surface area contributed by atoms with Gasteiger partial charge in [0, 0.05) is 18.4 Å². The second-order valence-electron chi connectivity index (χ2n) is 6.38. The van der Waals surface area contributed by atoms with Crippen LogP contribution in [0.5, 0.6) is 5.75 Å². The highest BCUT2D eigenvalue weighted by Gasteiger charge is 2.36. The second kappa shape index (κ2) is 7.16. The van der Waals surface area contributed by atoms with E-state index in [1.54, 1.807) is 0 Å². The molecular formula is C17H14F6N2O4. The van der Waals surface area contributed by atoms with Crippen LogP contribution in [0.3, 0.4) is 0 Å². The molecule has 0 fully saturated rings. The van der Waals surface area contributed by atoms with Crippen LogP contribution in [-0.2, 0) is 22.3 Å². The van der Waals surface area contributed by atoms with Gasteiger partial charge in [-0.15, -0.1) is 0 Å². The number of pyridine rings is 1. The number of hydrogen-bond donors (Lipinski definition) is 1. The summed E-state index contributed by atoms with van der Waals surface area (Å²) >= 11 is 0. The van der Waals surface area contributed by atoms with Crippen molar-refractivity contribution in [3.8, 4) is 5.75 Å². The lowest BCUT2D eigenvalue weighted by Crippen LogP contribution is -2.35. The van der Waals surface area contributed by atoms with E-state index in [9.17, 15) is 35.9 Å². The first-order chi connectivity index (χ1) is 13.3. The minimum atomic E-state index is -4.97. The average molecular weight is 424 g/mol. The first-order valence-electron chi connectivity index (χ1n) is 8.24. The fourth-order valence-electron chi connectivity index (χ4n) is 2.97. The Kier molecular flexibility index (Phi) is 5.13. The first-order valence-corrected chi connectivity index (χ1v) is 8.24. The van der Waals surface area contributed by atoms with Gasteiger partial charge in [-0.25, -0.2) is 0 Å². The van der Waals surface area contributed by atoms with E-state index in [0.717, 1.165) is 12.1 Å². The van der Waals surface area contributed by atoms with Gasteiger partial charge >= 0.3 is 18.3 Å². The number of rotatable bonds is 3. The van der Waals surface area contributed by atoms with E-state index in [1.807, 2.05) is 0 Å². The number of anilines is 1. The lowest BCUT2D eigenvalue weighted by atomic mass is 10.1. The predicted octanol–water partition coefficient (Wildman–Crippen LogP) is 3.32. The van der Waals surface area contributed by atoms with Gasteiger partial charge in [0.25, 0.3) is 5.56 Å². The summed E-state index contributed by atoms with van der Waals surface area (Å²) in [5.74, 6) is -0.642. The van der Waals surface area contributed by atoms with Crippen molar-refractivity contribution in [1.29, 1.82) is 0 Å². The highest BCUT2D eigenvalue weighted by Crippen LogP contribution is 2.40. The van der Waals surface area contributed by atoms with Crippen LogP contribution in [-0.4, -0.2) is 36.0 Å². The zero-order chi connectivity index (χ0) is 21.6. The number of nitrogens with zero attached hydrogens (tertiary/aromatic N) is 1. The Balaban J connectivity index is 2.15. The number of carbonyl (C=O) groups is 1. The summed E-state index contributed by atoms with van der Waals surface area (Å²) in [7, 11) is 0. The third-order valence-electron chi connectivity index (χ3n) is 4.14. The van der Waals surface area contributed by atoms with Crippen molar-refractivity contribution in [3.63, 3.8) is 0 Å². The standard InChI is InChI=1S/C17H14F6N2O4/c1-8(26)28-6-9-5-24-12-4-13-10(2-14(12)29-9)11(17(21,22)23)3-15(27)25(13)7-16(18,19)20/h2-4,9,24H,5-7H2,1H3. The minimum Gasteiger partial charge on any atom is -0.483 e. The fraction of sp³-hybridized carbons (Fsp3) is 0.412. The van der Waals surface area contributed by atoms with Crippen molar-refractivity contribution in [3.05, 3.63) is 34.1 Å². The molecule has 0 amide bonds. The summed E-state index contributed by atoms with van der Waals surface area (Å²) in [4.78, 5) is 22.9. The Bertz CT molecular complexity index is 1010. The number of esters is 1. The molecule has 12 heteroatoms. The fourth-order valence-corrected chi connectivity index (χ4v) is 2.97. The van der Waals surface area contributed by atoms with Crippen molar-refractivity contribution in [2.45, 2.75) is 31.9 Å². The van der Waals surface area contributed by atoms with Crippen molar-refractivity contribution >= 4 is 22.6 Å². The third kappa shape index (κ3) is 4.57. The summed E-state index contributed by atoms with van der Waals surface area (Å²) in [6.45, 7) is -0.643. The van der Waals surface area contributed by atoms with Crippen LogP contribution in [0, 0.1) is 0 Å². The maximum atomic E-state index is 13.4. The third-order valence-corrected chi connectivity index (χ3v) is 4.14. The van der Waals surface area contributed by atoms with E-state index < -0.39 is 53.0 Å². The van der Waals surface area contributed by atoms with Gasteiger partial charge in [-0.1, -0.05) is 0 Å². The number of fused-ring (bicyclic) bond motifs is 2. The van der Waals surface area contributed by atoms with E-state index >= 15 is 0 Å². The number of aromatic nitrogens is 1. The Morgan fingerprint density at radius 1 is 1.24 bits per heavy atom. The summed E-state index contributed by atoms with van der Waals surface area (Å²) in [6.07, 6.45) is -10.5. The molecule has 29 heavy (non-hydrogen) atoms. The molecule has 0 saturated heterocycles. The highest BCUT2D eigenvalue weighted by atomic mass is 19.4. The van der Waals surface area contributed by atoms with Crippen LogP contribution >= 0.6 is 0 Å². The molecule has 3 rings (SSSR count). The number of carbonyl (C=O) groups excluding carboxylic acids is 1. The molecule has 0 saturated carbocycles. The molecular weight excluding hydrogens is 410 g/mol. The number of nitrogens with one attached hydrogen (secondary N) is 1. The van der Waals surface area contributed by atoms with Crippen LogP contribution < -0.4 is 15.6 Å². The first kappa shape index (κ1) is 20.8. The van der Waals surface area contributed by atoms with Crippen LogP contribution in [0.4, 0.5) is 32.0 Å². The summed E-state index contributed by atoms with van der Waals surface area (Å²) in [5, 5.41) is 2.19. The van der Waals surface area contributed by atoms with Gasteiger partial charge in [-0.2, -0.15) is 26.3 Å². The Morgan fingerprint density at radius 2 is 1.93 bits per heavy atom. The van der Waals surface area contributed by atoms with E-state index in [4.69, 9.17) is 9.47 Å². The zero-order valence-electron chi connectivity index (χ0n) is 14.8. The smallest absolute Gasteiger partial charge is 0.417 e. The lowest BCUT2D eigenvalue weighted by Gasteiger charge is -2.28. The van der Waals surface area contributed by atoms with Gasteiger partial charge in [0.1, 0.15) is 25.0 Å². The van der Waals surface area contributed by atoms with Crippen molar-refractivity contribution in [1.82, 2.24) is 4.57 Å². The molecule has 1 N–H and O–H groups in total. The second-order valence-corrected chi connectivity index (χ2v) is 6.38. The Hall–Kier alpha value is -2.92. The van der Waals surface area contributed by atoms with E-state index in [2.05, 4.69) is 5.32 Å². The summed E-state index contributed by atoms with van der Waals surface area (Å²) < 4.78 is 89.3. The van der Waals surface area contributed by atoms with Crippen LogP contribution in [0.1, 0.15) is 12.5 Å². The van der Waals surface area contributed by atoms with E-state index in [1.165, 1.54) is 6.92 Å². The molecule has 1 aromatic heterocycles. The number of hydrogen-bond acceptors (Lipinski definition) is 5. The molecule has 158 valence electrons. The van der Waals surface area contributed by atoms with Crippen molar-refractivity contribution in [2.75, 3.05) is 18.5 Å². The summed E-state index contributed by atoms with van der Waals surface area (Å²) in [5.41, 5.74) is -3.21. The normalized spacial score (nSPS) is 16.7. The topological polar surface area (TPSA) is 69.6 Å². The van der Waals surface area contributed by atoms with Gasteiger partial charge in [-0.3, -0.25) is 14.2 Å². The number of alkyl halides is 6. The molecule has 6 nitrogen and oxygen atoms in total. The zero-order valence-corrected chi connectivity index (χ0v) is 14.8. The molecule has 1 unspecified atom stereocenters. The molecule has 0 bridgehead atoms. The predicted molar refractivity (Wildman–Crippen MR) is 88.8 cm³/mol. The Morgan fingerprint density at radius 3 is 2.52 bits per heavy atom. The van der Waals surface area contributed by atoms with E-state index in [0.29, 0.717) is 0 Å². The minimum absolute atomic E-state index is 0.0661. The molecule has 1 atom stereocenters. The summed E-state index contributed by atoms with van der Waals surface area (Å²) in [6, 6.07) is 2.06. The molecule has 2 heterocycles. The van der Waals surface area contributed by atoms with Gasteiger partial charge < -0.3 is 14.8 Å². The van der Waals surface area contributed by atoms with Gasteiger partial charge in [0.15, 0.2) is 0 Å². The van der Waals surface area contributed by atoms with E-state index in [-0.39, 0.29) is 35.2 Å². The average Bonchev–Trinajstić information content (AvgIpc) is 2.58. The molecule has 0 aliphatic carbocycles. The highest BCUT2D eigenvalue weighted by molar-refractivity contribution is 5.89. The molecule has 1 aliphatic heterocycles. The number of halogens is 6. The SMILES string of the molecule is CC(=O)OCC1CNc2cc3c(cc2O1)c(C(F)(F)F)cc(=O)n3CC(F)(F)F. The van der Waals surface area contributed by atoms with Gasteiger partial charge in [-0.05, 0) is 12.1 Å². The lowest BCUT2D eigenvalue weighted by molar-refractivity contribution is -0.143. The van der Waals surface area contributed by atoms with Crippen LogP contribution in [0.2, 0.25) is 0 Å².